The molecule has 3 aromatic rings. The van der Waals surface area contributed by atoms with Crippen molar-refractivity contribution < 1.29 is 120 Å². The lowest BCUT2D eigenvalue weighted by Crippen LogP contribution is -2.63. The molecule has 25 heteroatoms. The van der Waals surface area contributed by atoms with Gasteiger partial charge in [-0.2, -0.15) is 0 Å². The molecule has 4 saturated heterocycles. The lowest BCUT2D eigenvalue weighted by molar-refractivity contribution is -0.343. The highest BCUT2D eigenvalue weighted by Gasteiger charge is 2.55. The van der Waals surface area contributed by atoms with Crippen LogP contribution in [0, 0.1) is 0 Å². The first-order valence-electron chi connectivity index (χ1n) is 19.9. The highest BCUT2D eigenvalue weighted by molar-refractivity contribution is 5.92. The first-order chi connectivity index (χ1) is 30.4. The van der Waals surface area contributed by atoms with Crippen molar-refractivity contribution in [3.05, 3.63) is 51.7 Å². The Morgan fingerprint density at radius 3 is 1.33 bits per heavy atom. The number of aliphatic hydroxyl groups is 14. The Bertz CT molecular complexity index is 2130. The molecule has 64 heavy (non-hydrogen) atoms. The molecule has 7 rings (SSSR count). The number of aliphatic hydroxyl groups excluding tert-OH is 14. The monoisotopic (exact) mass is 918 g/mol. The van der Waals surface area contributed by atoms with Gasteiger partial charge in [-0.25, -0.2) is 0 Å². The molecule has 4 fully saturated rings. The van der Waals surface area contributed by atoms with Crippen molar-refractivity contribution in [2.45, 2.75) is 122 Å². The topological polar surface area (TPSA) is 430 Å². The van der Waals surface area contributed by atoms with Gasteiger partial charge in [-0.05, 0) is 24.3 Å². The van der Waals surface area contributed by atoms with Crippen molar-refractivity contribution in [2.24, 2.45) is 0 Å². The summed E-state index contributed by atoms with van der Waals surface area (Å²) in [6, 6.07) is 5.95. The van der Waals surface area contributed by atoms with Gasteiger partial charge in [-0.15, -0.1) is 0 Å². The van der Waals surface area contributed by atoms with E-state index < -0.39 is 188 Å². The number of ether oxygens (including phenoxy) is 6. The van der Waals surface area contributed by atoms with Crippen molar-refractivity contribution in [1.82, 2.24) is 0 Å². The zero-order valence-corrected chi connectivity index (χ0v) is 33.1. The number of rotatable bonds is 11. The van der Waals surface area contributed by atoms with Gasteiger partial charge in [-0.3, -0.25) is 4.79 Å². The quantitative estimate of drug-likeness (QED) is 0.0850. The fourth-order valence-electron chi connectivity index (χ4n) is 8.33. The van der Waals surface area contributed by atoms with Crippen LogP contribution in [0.3, 0.4) is 0 Å². The van der Waals surface area contributed by atoms with E-state index in [2.05, 4.69) is 0 Å². The smallest absolute Gasteiger partial charge is 0.197 e. The molecule has 0 aliphatic carbocycles. The van der Waals surface area contributed by atoms with Crippen LogP contribution in [0.25, 0.3) is 22.3 Å². The fraction of sp³-hybridized carbons (Fsp3) is 0.615. The van der Waals surface area contributed by atoms with Crippen LogP contribution >= 0.6 is 0 Å². The maximum Gasteiger partial charge on any atom is 0.197 e. The minimum atomic E-state index is -2.22. The van der Waals surface area contributed by atoms with Gasteiger partial charge in [0, 0.05) is 11.6 Å². The first kappa shape index (κ1) is 48.2. The van der Waals surface area contributed by atoms with Gasteiger partial charge in [0.05, 0.1) is 37.6 Å². The molecule has 1 aromatic heterocycles. The molecular formula is C39H50O25. The third-order valence-electron chi connectivity index (χ3n) is 11.9. The van der Waals surface area contributed by atoms with Crippen molar-refractivity contribution in [3.8, 4) is 28.6 Å². The number of phenols is 3. The van der Waals surface area contributed by atoms with Gasteiger partial charge < -0.3 is 120 Å². The number of benzene rings is 2. The molecule has 17 N–H and O–H groups in total. The second kappa shape index (κ2) is 19.2. The summed E-state index contributed by atoms with van der Waals surface area (Å²) >= 11 is 0. The van der Waals surface area contributed by atoms with Crippen LogP contribution in [0.2, 0.25) is 0 Å². The van der Waals surface area contributed by atoms with Crippen LogP contribution in [0.5, 0.6) is 17.2 Å². The normalized spacial score (nSPS) is 40.7. The van der Waals surface area contributed by atoms with Gasteiger partial charge in [0.25, 0.3) is 0 Å². The van der Waals surface area contributed by atoms with E-state index in [9.17, 15) is 91.6 Å². The highest BCUT2D eigenvalue weighted by atomic mass is 16.7. The highest BCUT2D eigenvalue weighted by Crippen LogP contribution is 2.52. The minimum absolute atomic E-state index is 0.125. The molecule has 2 aromatic carbocycles. The molecule has 0 bridgehead atoms. The molecule has 0 spiro atoms. The summed E-state index contributed by atoms with van der Waals surface area (Å²) in [4.78, 5) is 14.3. The van der Waals surface area contributed by atoms with Crippen LogP contribution < -0.4 is 5.43 Å². The van der Waals surface area contributed by atoms with Crippen LogP contribution in [-0.4, -0.2) is 223 Å². The lowest BCUT2D eigenvalue weighted by atomic mass is 9.84. The minimum Gasteiger partial charge on any atom is -0.508 e. The van der Waals surface area contributed by atoms with Crippen LogP contribution in [-0.2, 0) is 28.4 Å². The lowest BCUT2D eigenvalue weighted by Gasteiger charge is -2.47. The molecule has 25 nitrogen and oxygen atoms in total. The number of fused-ring (bicyclic) bond motifs is 1. The Morgan fingerprint density at radius 2 is 0.891 bits per heavy atom. The van der Waals surface area contributed by atoms with E-state index >= 15 is 0 Å². The number of aromatic hydroxyl groups is 3. The van der Waals surface area contributed by atoms with E-state index in [1.807, 2.05) is 0 Å². The molecule has 0 saturated carbocycles. The molecule has 5 heterocycles. The molecule has 0 radical (unpaired) electrons. The van der Waals surface area contributed by atoms with E-state index in [1.165, 1.54) is 24.3 Å². The SMILES string of the molecule is O=c1cc(-c2ccc(O)cc2)oc2c(C3OC(CO)C(O)C(O)C3OC3OC(CO)C(O)C(O)C3O)c(O)c(C3OC(CO)C(O)C(O)C3OC3OC(CO)C(O)C(O)C3O)c(O)c12. The summed E-state index contributed by atoms with van der Waals surface area (Å²) in [6.45, 7) is -3.97. The molecule has 20 unspecified atom stereocenters. The number of phenolic OH excluding ortho intramolecular Hbond substituents is 3. The second-order valence-electron chi connectivity index (χ2n) is 15.9. The van der Waals surface area contributed by atoms with E-state index in [0.717, 1.165) is 6.07 Å². The number of hydrogen-bond acceptors (Lipinski definition) is 25. The standard InChI is InChI=1S/C39H50O25/c40-6-14-23(48)29(54)36(63-38-31(56)27(52)21(46)16(8-42)61-38)34(59-14)19-25(50)18-12(45)5-13(10-1-3-11(44)4-2-10)58-33(18)20(26(19)51)35-37(30(55)24(49)15(7-41)60-35)64-39-32(57)28(53)22(47)17(9-43)62-39/h1-5,14-17,21-24,27-32,34-44,46-57H,6-9H2. The third kappa shape index (κ3) is 8.46. The van der Waals surface area contributed by atoms with E-state index in [0.29, 0.717) is 0 Å². The molecule has 356 valence electrons. The van der Waals surface area contributed by atoms with Crippen molar-refractivity contribution in [3.63, 3.8) is 0 Å². The van der Waals surface area contributed by atoms with E-state index in [4.69, 9.17) is 32.8 Å². The molecule has 20 atom stereocenters. The van der Waals surface area contributed by atoms with Crippen molar-refractivity contribution in [2.75, 3.05) is 26.4 Å². The van der Waals surface area contributed by atoms with Gasteiger partial charge in [-0.1, -0.05) is 0 Å². The molecule has 0 amide bonds. The fourth-order valence-corrected chi connectivity index (χ4v) is 8.33. The Hall–Kier alpha value is -3.75. The first-order valence-corrected chi connectivity index (χ1v) is 19.9. The molecule has 4 aliphatic heterocycles. The third-order valence-corrected chi connectivity index (χ3v) is 11.9. The Morgan fingerprint density at radius 1 is 0.484 bits per heavy atom. The van der Waals surface area contributed by atoms with Gasteiger partial charge in [0.1, 0.15) is 138 Å². The summed E-state index contributed by atoms with van der Waals surface area (Å²) in [6.07, 6.45) is -40.2. The van der Waals surface area contributed by atoms with Gasteiger partial charge in [0.15, 0.2) is 23.6 Å². The average Bonchev–Trinajstić information content (AvgIpc) is 3.27. The van der Waals surface area contributed by atoms with E-state index in [1.54, 1.807) is 0 Å². The zero-order chi connectivity index (χ0) is 46.6. The van der Waals surface area contributed by atoms with E-state index in [-0.39, 0.29) is 17.1 Å². The summed E-state index contributed by atoms with van der Waals surface area (Å²) < 4.78 is 40.6. The van der Waals surface area contributed by atoms with Crippen LogP contribution in [0.1, 0.15) is 23.3 Å². The second-order valence-corrected chi connectivity index (χ2v) is 15.9. The van der Waals surface area contributed by atoms with Crippen molar-refractivity contribution in [1.29, 1.82) is 0 Å². The summed E-state index contributed by atoms with van der Waals surface area (Å²) in [5, 5.41) is 182. The largest absolute Gasteiger partial charge is 0.508 e. The predicted octanol–water partition coefficient (Wildman–Crippen LogP) is -6.74. The maximum atomic E-state index is 14.3. The molecule has 4 aliphatic rings. The zero-order valence-electron chi connectivity index (χ0n) is 33.1. The molecular weight excluding hydrogens is 868 g/mol. The maximum absolute atomic E-state index is 14.3. The Labute approximate surface area is 359 Å². The number of hydrogen-bond donors (Lipinski definition) is 17. The summed E-state index contributed by atoms with van der Waals surface area (Å²) in [7, 11) is 0. The Kier molecular flexibility index (Phi) is 14.5. The van der Waals surface area contributed by atoms with Crippen molar-refractivity contribution >= 4 is 11.0 Å². The predicted molar refractivity (Wildman–Crippen MR) is 204 cm³/mol. The van der Waals surface area contributed by atoms with Crippen LogP contribution in [0.15, 0.2) is 39.5 Å². The summed E-state index contributed by atoms with van der Waals surface area (Å²) in [5.74, 6) is -2.89. The average molecular weight is 919 g/mol. The van der Waals surface area contributed by atoms with Crippen LogP contribution in [0.4, 0.5) is 0 Å². The van der Waals surface area contributed by atoms with Gasteiger partial charge in [0.2, 0.25) is 0 Å². The summed E-state index contributed by atoms with van der Waals surface area (Å²) in [5.41, 5.74) is -3.44. The van der Waals surface area contributed by atoms with Gasteiger partial charge >= 0.3 is 0 Å². The Balaban J connectivity index is 1.46.